The fourth-order valence-corrected chi connectivity index (χ4v) is 3.05. The van der Waals surface area contributed by atoms with Gasteiger partial charge in [-0.25, -0.2) is 0 Å². The molecular weight excluding hydrogens is 401 g/mol. The number of carbonyl (C=O) groups is 1. The number of carbonyl (C=O) groups excluding carboxylic acids is 1. The third kappa shape index (κ3) is 6.26. The summed E-state index contributed by atoms with van der Waals surface area (Å²) in [6.45, 7) is 4.14. The van der Waals surface area contributed by atoms with E-state index in [2.05, 4.69) is 4.98 Å². The van der Waals surface area contributed by atoms with E-state index in [9.17, 15) is 4.79 Å². The number of ether oxygens (including phenoxy) is 2. The molecule has 154 valence electrons. The molecule has 2 heterocycles. The smallest absolute Gasteiger partial charge is 0.254 e. The molecule has 1 amide bonds. The van der Waals surface area contributed by atoms with Crippen molar-refractivity contribution < 1.29 is 14.3 Å². The van der Waals surface area contributed by atoms with Crippen LogP contribution in [0.25, 0.3) is 0 Å². The minimum absolute atomic E-state index is 0. The van der Waals surface area contributed by atoms with Crippen LogP contribution >= 0.6 is 24.8 Å². The molecule has 1 atom stereocenters. The number of halogens is 2. The number of aromatic nitrogens is 1. The molecule has 28 heavy (non-hydrogen) atoms. The maximum atomic E-state index is 12.8. The summed E-state index contributed by atoms with van der Waals surface area (Å²) in [5.41, 5.74) is 7.56. The van der Waals surface area contributed by atoms with E-state index in [0.29, 0.717) is 36.8 Å². The summed E-state index contributed by atoms with van der Waals surface area (Å²) in [6, 6.07) is 9.20. The van der Waals surface area contributed by atoms with Gasteiger partial charge in [-0.3, -0.25) is 9.78 Å². The highest BCUT2D eigenvalue weighted by Gasteiger charge is 2.23. The third-order valence-corrected chi connectivity index (χ3v) is 4.35. The van der Waals surface area contributed by atoms with Crippen LogP contribution in [-0.2, 0) is 6.61 Å². The molecule has 1 unspecified atom stereocenters. The first-order valence-corrected chi connectivity index (χ1v) is 9.00. The van der Waals surface area contributed by atoms with Crippen molar-refractivity contribution in [1.82, 2.24) is 9.88 Å². The zero-order valence-corrected chi connectivity index (χ0v) is 17.5. The lowest BCUT2D eigenvalue weighted by molar-refractivity contribution is 0.0708. The summed E-state index contributed by atoms with van der Waals surface area (Å²) < 4.78 is 11.6. The molecule has 8 heteroatoms. The van der Waals surface area contributed by atoms with Gasteiger partial charge in [-0.2, -0.15) is 0 Å². The van der Waals surface area contributed by atoms with Gasteiger partial charge in [-0.1, -0.05) is 6.07 Å². The maximum Gasteiger partial charge on any atom is 0.254 e. The Labute approximate surface area is 178 Å². The Kier molecular flexibility index (Phi) is 10.1. The molecule has 3 rings (SSSR count). The zero-order valence-electron chi connectivity index (χ0n) is 15.9. The summed E-state index contributed by atoms with van der Waals surface area (Å²) in [5, 5.41) is 0. The highest BCUT2D eigenvalue weighted by atomic mass is 35.5. The van der Waals surface area contributed by atoms with Gasteiger partial charge in [0.2, 0.25) is 0 Å². The third-order valence-electron chi connectivity index (χ3n) is 4.35. The first-order valence-electron chi connectivity index (χ1n) is 9.00. The lowest BCUT2D eigenvalue weighted by Gasteiger charge is -2.31. The molecule has 1 aromatic heterocycles. The van der Waals surface area contributed by atoms with E-state index in [4.69, 9.17) is 15.2 Å². The number of rotatable bonds is 6. The minimum atomic E-state index is -0.0140. The monoisotopic (exact) mass is 427 g/mol. The molecule has 6 nitrogen and oxygen atoms in total. The van der Waals surface area contributed by atoms with Crippen molar-refractivity contribution in [3.8, 4) is 11.5 Å². The Morgan fingerprint density at radius 2 is 2.07 bits per heavy atom. The van der Waals surface area contributed by atoms with E-state index in [1.807, 2.05) is 24.0 Å². The van der Waals surface area contributed by atoms with Crippen LogP contribution in [0.15, 0.2) is 42.7 Å². The summed E-state index contributed by atoms with van der Waals surface area (Å²) in [4.78, 5) is 18.7. The molecule has 0 radical (unpaired) electrons. The second kappa shape index (κ2) is 11.7. The Balaban J connectivity index is 0.00000196. The standard InChI is InChI=1S/C20H25N3O3.2ClH/c1-2-25-19-11-16(20(24)23-10-4-6-17(21)13-23)7-8-18(19)26-14-15-5-3-9-22-12-15;;/h3,5,7-9,11-12,17H,2,4,6,10,13-14,21H2,1H3;2*1H. The van der Waals surface area contributed by atoms with E-state index in [1.165, 1.54) is 0 Å². The highest BCUT2D eigenvalue weighted by molar-refractivity contribution is 5.95. The Hall–Kier alpha value is -2.02. The number of benzene rings is 1. The first kappa shape index (κ1) is 24.0. The number of nitrogens with two attached hydrogens (primary N) is 1. The molecule has 0 aliphatic carbocycles. The Morgan fingerprint density at radius 1 is 1.25 bits per heavy atom. The van der Waals surface area contributed by atoms with Gasteiger partial charge in [0.1, 0.15) is 6.61 Å². The van der Waals surface area contributed by atoms with Gasteiger partial charge in [0, 0.05) is 42.7 Å². The molecule has 1 saturated heterocycles. The second-order valence-electron chi connectivity index (χ2n) is 6.40. The number of amides is 1. The number of pyridine rings is 1. The van der Waals surface area contributed by atoms with Gasteiger partial charge in [-0.15, -0.1) is 24.8 Å². The number of piperidine rings is 1. The molecule has 0 bridgehead atoms. The van der Waals surface area contributed by atoms with E-state index >= 15 is 0 Å². The molecule has 1 aromatic carbocycles. The maximum absolute atomic E-state index is 12.8. The fourth-order valence-electron chi connectivity index (χ4n) is 3.05. The van der Waals surface area contributed by atoms with Crippen molar-refractivity contribution in [3.63, 3.8) is 0 Å². The molecule has 1 aliphatic heterocycles. The number of nitrogens with zero attached hydrogens (tertiary/aromatic N) is 2. The SMILES string of the molecule is CCOc1cc(C(=O)N2CCCC(N)C2)ccc1OCc1cccnc1.Cl.Cl. The number of hydrogen-bond donors (Lipinski definition) is 1. The van der Waals surface area contributed by atoms with Crippen molar-refractivity contribution in [2.75, 3.05) is 19.7 Å². The van der Waals surface area contributed by atoms with Gasteiger partial charge in [0.15, 0.2) is 11.5 Å². The van der Waals surface area contributed by atoms with Crippen LogP contribution in [0.3, 0.4) is 0 Å². The number of likely N-dealkylation sites (tertiary alicyclic amines) is 1. The molecule has 2 aromatic rings. The van der Waals surface area contributed by atoms with Gasteiger partial charge < -0.3 is 20.1 Å². The van der Waals surface area contributed by atoms with Crippen molar-refractivity contribution >= 4 is 30.7 Å². The minimum Gasteiger partial charge on any atom is -0.490 e. The topological polar surface area (TPSA) is 77.7 Å². The molecule has 0 saturated carbocycles. The molecule has 2 N–H and O–H groups in total. The van der Waals surface area contributed by atoms with E-state index in [1.54, 1.807) is 30.6 Å². The first-order chi connectivity index (χ1) is 12.7. The van der Waals surface area contributed by atoms with Crippen LogP contribution in [0.4, 0.5) is 0 Å². The van der Waals surface area contributed by atoms with Crippen molar-refractivity contribution in [2.45, 2.75) is 32.4 Å². The Bertz CT molecular complexity index is 747. The van der Waals surface area contributed by atoms with E-state index in [0.717, 1.165) is 24.9 Å². The lowest BCUT2D eigenvalue weighted by Crippen LogP contribution is -2.45. The van der Waals surface area contributed by atoms with Gasteiger partial charge in [-0.05, 0) is 44.0 Å². The predicted octanol–water partition coefficient (Wildman–Crippen LogP) is 3.47. The van der Waals surface area contributed by atoms with Crippen LogP contribution in [0.5, 0.6) is 11.5 Å². The van der Waals surface area contributed by atoms with Crippen molar-refractivity contribution in [3.05, 3.63) is 53.9 Å². The summed E-state index contributed by atoms with van der Waals surface area (Å²) in [7, 11) is 0. The highest BCUT2D eigenvalue weighted by Crippen LogP contribution is 2.30. The molecule has 1 aliphatic rings. The van der Waals surface area contributed by atoms with Gasteiger partial charge in [0.25, 0.3) is 5.91 Å². The largest absolute Gasteiger partial charge is 0.490 e. The fraction of sp³-hybridized carbons (Fsp3) is 0.400. The van der Waals surface area contributed by atoms with Crippen LogP contribution in [0.2, 0.25) is 0 Å². The predicted molar refractivity (Wildman–Crippen MR) is 114 cm³/mol. The average molecular weight is 428 g/mol. The molecule has 0 spiro atoms. The van der Waals surface area contributed by atoms with Crippen LogP contribution in [-0.4, -0.2) is 41.5 Å². The van der Waals surface area contributed by atoms with Crippen molar-refractivity contribution in [2.24, 2.45) is 5.73 Å². The molecular formula is C20H27Cl2N3O3. The number of hydrogen-bond acceptors (Lipinski definition) is 5. The quantitative estimate of drug-likeness (QED) is 0.763. The van der Waals surface area contributed by atoms with Gasteiger partial charge in [0.05, 0.1) is 6.61 Å². The van der Waals surface area contributed by atoms with Crippen LogP contribution < -0.4 is 15.2 Å². The van der Waals surface area contributed by atoms with Crippen LogP contribution in [0, 0.1) is 0 Å². The van der Waals surface area contributed by atoms with E-state index in [-0.39, 0.29) is 36.8 Å². The van der Waals surface area contributed by atoms with E-state index < -0.39 is 0 Å². The molecule has 1 fully saturated rings. The van der Waals surface area contributed by atoms with Crippen LogP contribution in [0.1, 0.15) is 35.7 Å². The van der Waals surface area contributed by atoms with Crippen molar-refractivity contribution in [1.29, 1.82) is 0 Å². The Morgan fingerprint density at radius 3 is 2.75 bits per heavy atom. The average Bonchev–Trinajstić information content (AvgIpc) is 2.67. The summed E-state index contributed by atoms with van der Waals surface area (Å²) in [5.74, 6) is 1.17. The second-order valence-corrected chi connectivity index (χ2v) is 6.40. The van der Waals surface area contributed by atoms with Gasteiger partial charge >= 0.3 is 0 Å². The zero-order chi connectivity index (χ0) is 18.4. The summed E-state index contributed by atoms with van der Waals surface area (Å²) >= 11 is 0. The lowest BCUT2D eigenvalue weighted by atomic mass is 10.1. The summed E-state index contributed by atoms with van der Waals surface area (Å²) in [6.07, 6.45) is 5.40. The normalized spacial score (nSPS) is 15.8.